The molecular formula is C10H22N2O2. The van der Waals surface area contributed by atoms with Gasteiger partial charge in [0.1, 0.15) is 0 Å². The molecule has 0 spiro atoms. The van der Waals surface area contributed by atoms with E-state index in [-0.39, 0.29) is 5.91 Å². The first-order chi connectivity index (χ1) is 6.66. The van der Waals surface area contributed by atoms with Crippen LogP contribution in [0.4, 0.5) is 0 Å². The molecule has 0 rings (SSSR count). The van der Waals surface area contributed by atoms with Crippen molar-refractivity contribution in [2.75, 3.05) is 26.8 Å². The van der Waals surface area contributed by atoms with E-state index in [0.717, 1.165) is 13.0 Å². The fraction of sp³-hybridized carbons (Fsp3) is 0.900. The number of methoxy groups -OCH3 is 1. The molecule has 4 nitrogen and oxygen atoms in total. The second-order valence-corrected chi connectivity index (χ2v) is 3.56. The van der Waals surface area contributed by atoms with Crippen LogP contribution in [0, 0.1) is 0 Å². The lowest BCUT2D eigenvalue weighted by Crippen LogP contribution is -2.34. The van der Waals surface area contributed by atoms with Crippen LogP contribution in [0.25, 0.3) is 0 Å². The second kappa shape index (κ2) is 8.97. The third-order valence-corrected chi connectivity index (χ3v) is 1.75. The first-order valence-corrected chi connectivity index (χ1v) is 5.16. The molecule has 0 aliphatic heterocycles. The molecule has 0 unspecified atom stereocenters. The summed E-state index contributed by atoms with van der Waals surface area (Å²) in [6.45, 7) is 6.34. The van der Waals surface area contributed by atoms with Gasteiger partial charge in [0.05, 0.1) is 0 Å². The van der Waals surface area contributed by atoms with Crippen molar-refractivity contribution in [3.8, 4) is 0 Å². The number of nitrogens with one attached hydrogen (secondary N) is 2. The third-order valence-electron chi connectivity index (χ3n) is 1.75. The summed E-state index contributed by atoms with van der Waals surface area (Å²) in [5, 5.41) is 6.07. The van der Waals surface area contributed by atoms with Crippen LogP contribution in [0.3, 0.4) is 0 Å². The van der Waals surface area contributed by atoms with E-state index in [1.54, 1.807) is 7.11 Å². The van der Waals surface area contributed by atoms with Crippen molar-refractivity contribution in [3.63, 3.8) is 0 Å². The molecule has 0 aliphatic carbocycles. The van der Waals surface area contributed by atoms with Crippen LogP contribution in [0.1, 0.15) is 26.7 Å². The SMILES string of the molecule is COCCCC(=O)NCCNC(C)C. The van der Waals surface area contributed by atoms with E-state index in [0.29, 0.717) is 25.6 Å². The number of ether oxygens (including phenoxy) is 1. The Bertz CT molecular complexity index is 149. The van der Waals surface area contributed by atoms with Gasteiger partial charge in [0.25, 0.3) is 0 Å². The van der Waals surface area contributed by atoms with Crippen molar-refractivity contribution in [2.24, 2.45) is 0 Å². The topological polar surface area (TPSA) is 50.4 Å². The molecule has 84 valence electrons. The summed E-state index contributed by atoms with van der Waals surface area (Å²) >= 11 is 0. The Labute approximate surface area is 86.4 Å². The van der Waals surface area contributed by atoms with Gasteiger partial charge in [-0.2, -0.15) is 0 Å². The van der Waals surface area contributed by atoms with E-state index in [4.69, 9.17) is 4.74 Å². The summed E-state index contributed by atoms with van der Waals surface area (Å²) in [6, 6.07) is 0.473. The van der Waals surface area contributed by atoms with Gasteiger partial charge in [0.15, 0.2) is 0 Å². The summed E-state index contributed by atoms with van der Waals surface area (Å²) in [5.41, 5.74) is 0. The number of carbonyl (C=O) groups is 1. The van der Waals surface area contributed by atoms with E-state index in [2.05, 4.69) is 24.5 Å². The van der Waals surface area contributed by atoms with Gasteiger partial charge in [-0.05, 0) is 6.42 Å². The molecule has 0 aliphatic rings. The minimum atomic E-state index is 0.104. The third kappa shape index (κ3) is 9.48. The number of hydrogen-bond acceptors (Lipinski definition) is 3. The average molecular weight is 202 g/mol. The minimum Gasteiger partial charge on any atom is -0.385 e. The van der Waals surface area contributed by atoms with Crippen molar-refractivity contribution < 1.29 is 9.53 Å². The first kappa shape index (κ1) is 13.4. The number of amides is 1. The van der Waals surface area contributed by atoms with Crippen LogP contribution >= 0.6 is 0 Å². The monoisotopic (exact) mass is 202 g/mol. The molecule has 0 aromatic carbocycles. The van der Waals surface area contributed by atoms with Crippen LogP contribution in [0.2, 0.25) is 0 Å². The van der Waals surface area contributed by atoms with E-state index < -0.39 is 0 Å². The maximum atomic E-state index is 11.2. The van der Waals surface area contributed by atoms with Gasteiger partial charge in [0.2, 0.25) is 5.91 Å². The Hall–Kier alpha value is -0.610. The number of carbonyl (C=O) groups excluding carboxylic acids is 1. The summed E-state index contributed by atoms with van der Waals surface area (Å²) in [4.78, 5) is 11.2. The molecule has 1 amide bonds. The molecule has 2 N–H and O–H groups in total. The Balaban J connectivity index is 3.18. The highest BCUT2D eigenvalue weighted by Gasteiger charge is 1.99. The summed E-state index contributed by atoms with van der Waals surface area (Å²) in [6.07, 6.45) is 1.34. The summed E-state index contributed by atoms with van der Waals surface area (Å²) in [7, 11) is 1.64. The quantitative estimate of drug-likeness (QED) is 0.564. The fourth-order valence-electron chi connectivity index (χ4n) is 1.03. The molecule has 0 aromatic heterocycles. The highest BCUT2D eigenvalue weighted by molar-refractivity contribution is 5.75. The Morgan fingerprint density at radius 2 is 2.07 bits per heavy atom. The highest BCUT2D eigenvalue weighted by Crippen LogP contribution is 1.88. The van der Waals surface area contributed by atoms with Crippen LogP contribution in [-0.2, 0) is 9.53 Å². The zero-order valence-corrected chi connectivity index (χ0v) is 9.43. The maximum Gasteiger partial charge on any atom is 0.220 e. The molecule has 0 radical (unpaired) electrons. The molecule has 0 aromatic rings. The standard InChI is InChI=1S/C10H22N2O2/c1-9(2)11-6-7-12-10(13)5-4-8-14-3/h9,11H,4-8H2,1-3H3,(H,12,13). The van der Waals surface area contributed by atoms with Crippen molar-refractivity contribution in [2.45, 2.75) is 32.7 Å². The molecule has 14 heavy (non-hydrogen) atoms. The van der Waals surface area contributed by atoms with Gasteiger partial charge >= 0.3 is 0 Å². The molecular weight excluding hydrogens is 180 g/mol. The zero-order valence-electron chi connectivity index (χ0n) is 9.43. The number of rotatable bonds is 8. The lowest BCUT2D eigenvalue weighted by Gasteiger charge is -2.08. The fourth-order valence-corrected chi connectivity index (χ4v) is 1.03. The lowest BCUT2D eigenvalue weighted by molar-refractivity contribution is -0.121. The van der Waals surface area contributed by atoms with E-state index in [1.165, 1.54) is 0 Å². The van der Waals surface area contributed by atoms with E-state index >= 15 is 0 Å². The normalized spacial score (nSPS) is 10.6. The summed E-state index contributed by atoms with van der Waals surface area (Å²) in [5.74, 6) is 0.104. The van der Waals surface area contributed by atoms with Gasteiger partial charge in [-0.25, -0.2) is 0 Å². The number of hydrogen-bond donors (Lipinski definition) is 2. The van der Waals surface area contributed by atoms with Crippen LogP contribution < -0.4 is 10.6 Å². The van der Waals surface area contributed by atoms with E-state index in [1.807, 2.05) is 0 Å². The Morgan fingerprint density at radius 3 is 2.64 bits per heavy atom. The van der Waals surface area contributed by atoms with Gasteiger partial charge in [-0.15, -0.1) is 0 Å². The van der Waals surface area contributed by atoms with Gasteiger partial charge in [0, 0.05) is 39.3 Å². The van der Waals surface area contributed by atoms with Crippen molar-refractivity contribution >= 4 is 5.91 Å². The van der Waals surface area contributed by atoms with Gasteiger partial charge in [-0.1, -0.05) is 13.8 Å². The van der Waals surface area contributed by atoms with Crippen molar-refractivity contribution in [1.82, 2.24) is 10.6 Å². The zero-order chi connectivity index (χ0) is 10.8. The minimum absolute atomic E-state index is 0.104. The molecule has 0 heterocycles. The van der Waals surface area contributed by atoms with Crippen molar-refractivity contribution in [3.05, 3.63) is 0 Å². The van der Waals surface area contributed by atoms with Crippen LogP contribution in [0.15, 0.2) is 0 Å². The summed E-state index contributed by atoms with van der Waals surface area (Å²) < 4.78 is 4.86. The molecule has 4 heteroatoms. The molecule has 0 fully saturated rings. The molecule has 0 bridgehead atoms. The predicted molar refractivity (Wildman–Crippen MR) is 57.3 cm³/mol. The second-order valence-electron chi connectivity index (χ2n) is 3.56. The Morgan fingerprint density at radius 1 is 1.36 bits per heavy atom. The molecule has 0 saturated heterocycles. The van der Waals surface area contributed by atoms with Gasteiger partial charge < -0.3 is 15.4 Å². The van der Waals surface area contributed by atoms with Crippen LogP contribution in [-0.4, -0.2) is 38.8 Å². The average Bonchev–Trinajstić information content (AvgIpc) is 2.13. The highest BCUT2D eigenvalue weighted by atomic mass is 16.5. The van der Waals surface area contributed by atoms with Gasteiger partial charge in [-0.3, -0.25) is 4.79 Å². The lowest BCUT2D eigenvalue weighted by atomic mass is 10.3. The predicted octanol–water partition coefficient (Wildman–Crippen LogP) is 0.527. The molecule has 0 atom stereocenters. The maximum absolute atomic E-state index is 11.2. The van der Waals surface area contributed by atoms with Crippen LogP contribution in [0.5, 0.6) is 0 Å². The smallest absolute Gasteiger partial charge is 0.220 e. The Kier molecular flexibility index (Phi) is 8.57. The molecule has 0 saturated carbocycles. The first-order valence-electron chi connectivity index (χ1n) is 5.16. The van der Waals surface area contributed by atoms with Crippen molar-refractivity contribution in [1.29, 1.82) is 0 Å². The largest absolute Gasteiger partial charge is 0.385 e. The van der Waals surface area contributed by atoms with E-state index in [9.17, 15) is 4.79 Å².